The second-order valence-corrected chi connectivity index (χ2v) is 8.07. The number of methoxy groups -OCH3 is 1. The predicted molar refractivity (Wildman–Crippen MR) is 121 cm³/mol. The minimum Gasteiger partial charge on any atom is -0.507 e. The summed E-state index contributed by atoms with van der Waals surface area (Å²) in [4.78, 5) is 29.5. The first-order chi connectivity index (χ1) is 14.8. The van der Waals surface area contributed by atoms with Crippen molar-refractivity contribution in [1.29, 1.82) is 0 Å². The van der Waals surface area contributed by atoms with Crippen LogP contribution in [-0.2, 0) is 16.0 Å². The number of likely N-dealkylation sites (N-methyl/N-ethyl adjacent to an activating group) is 1. The van der Waals surface area contributed by atoms with Crippen LogP contribution in [0.1, 0.15) is 35.2 Å². The van der Waals surface area contributed by atoms with E-state index in [2.05, 4.69) is 6.92 Å². The lowest BCUT2D eigenvalue weighted by molar-refractivity contribution is -0.140. The zero-order valence-electron chi connectivity index (χ0n) is 18.8. The summed E-state index contributed by atoms with van der Waals surface area (Å²) in [6.07, 6.45) is 0.895. The molecule has 1 heterocycles. The summed E-state index contributed by atoms with van der Waals surface area (Å²) in [5.41, 5.74) is 3.38. The van der Waals surface area contributed by atoms with Crippen molar-refractivity contribution in [2.24, 2.45) is 0 Å². The van der Waals surface area contributed by atoms with Gasteiger partial charge in [-0.15, -0.1) is 0 Å². The van der Waals surface area contributed by atoms with Gasteiger partial charge in [0.05, 0.1) is 18.7 Å². The second kappa shape index (κ2) is 9.35. The normalized spacial score (nSPS) is 18.1. The zero-order valence-corrected chi connectivity index (χ0v) is 18.8. The quantitative estimate of drug-likeness (QED) is 0.420. The highest BCUT2D eigenvalue weighted by Gasteiger charge is 2.46. The number of ketones is 1. The molecule has 6 heteroatoms. The Morgan fingerprint density at radius 3 is 2.35 bits per heavy atom. The van der Waals surface area contributed by atoms with Crippen molar-refractivity contribution in [3.63, 3.8) is 0 Å². The van der Waals surface area contributed by atoms with Crippen molar-refractivity contribution in [2.45, 2.75) is 26.3 Å². The fourth-order valence-electron chi connectivity index (χ4n) is 3.87. The molecule has 2 aromatic carbocycles. The molecule has 1 fully saturated rings. The van der Waals surface area contributed by atoms with Gasteiger partial charge in [0, 0.05) is 18.7 Å². The van der Waals surface area contributed by atoms with Crippen molar-refractivity contribution >= 4 is 17.4 Å². The molecule has 31 heavy (non-hydrogen) atoms. The van der Waals surface area contributed by atoms with Crippen molar-refractivity contribution in [2.75, 3.05) is 34.3 Å². The summed E-state index contributed by atoms with van der Waals surface area (Å²) in [5.74, 6) is -0.738. The van der Waals surface area contributed by atoms with E-state index >= 15 is 0 Å². The number of Topliss-reactive ketones (excluding diaryl/α,β-unsaturated/α-hetero) is 1. The van der Waals surface area contributed by atoms with Gasteiger partial charge in [0.25, 0.3) is 11.7 Å². The molecule has 0 bridgehead atoms. The topological polar surface area (TPSA) is 70.1 Å². The van der Waals surface area contributed by atoms with E-state index in [-0.39, 0.29) is 11.3 Å². The molecule has 0 aliphatic carbocycles. The molecule has 0 aromatic heterocycles. The number of hydrogen-bond donors (Lipinski definition) is 1. The lowest BCUT2D eigenvalue weighted by atomic mass is 9.93. The van der Waals surface area contributed by atoms with Crippen molar-refractivity contribution in [3.8, 4) is 5.75 Å². The van der Waals surface area contributed by atoms with E-state index in [9.17, 15) is 14.7 Å². The van der Waals surface area contributed by atoms with E-state index in [0.717, 1.165) is 17.5 Å². The maximum absolute atomic E-state index is 13.1. The van der Waals surface area contributed by atoms with Gasteiger partial charge in [0.15, 0.2) is 0 Å². The van der Waals surface area contributed by atoms with Gasteiger partial charge in [-0.1, -0.05) is 31.2 Å². The number of ether oxygens (including phenoxy) is 1. The van der Waals surface area contributed by atoms with Gasteiger partial charge < -0.3 is 19.6 Å². The Bertz CT molecular complexity index is 1010. The van der Waals surface area contributed by atoms with Crippen LogP contribution in [0, 0.1) is 6.92 Å². The number of likely N-dealkylation sites (tertiary alicyclic amines) is 1. The maximum atomic E-state index is 13.1. The monoisotopic (exact) mass is 422 g/mol. The van der Waals surface area contributed by atoms with Crippen molar-refractivity contribution in [3.05, 3.63) is 70.3 Å². The number of rotatable bonds is 7. The van der Waals surface area contributed by atoms with Crippen LogP contribution in [0.3, 0.4) is 0 Å². The summed E-state index contributed by atoms with van der Waals surface area (Å²) < 4.78 is 5.25. The van der Waals surface area contributed by atoms with E-state index < -0.39 is 17.7 Å². The van der Waals surface area contributed by atoms with E-state index in [1.165, 1.54) is 5.56 Å². The van der Waals surface area contributed by atoms with Crippen LogP contribution in [0.2, 0.25) is 0 Å². The maximum Gasteiger partial charge on any atom is 0.295 e. The number of amides is 1. The Morgan fingerprint density at radius 1 is 1.13 bits per heavy atom. The zero-order chi connectivity index (χ0) is 22.7. The Hall–Kier alpha value is -3.12. The van der Waals surface area contributed by atoms with Crippen molar-refractivity contribution in [1.82, 2.24) is 9.80 Å². The highest BCUT2D eigenvalue weighted by Crippen LogP contribution is 2.40. The van der Waals surface area contributed by atoms with E-state index in [1.54, 1.807) is 30.2 Å². The summed E-state index contributed by atoms with van der Waals surface area (Å²) >= 11 is 0. The molecule has 0 saturated carbocycles. The summed E-state index contributed by atoms with van der Waals surface area (Å²) in [6.45, 7) is 4.91. The smallest absolute Gasteiger partial charge is 0.295 e. The fourth-order valence-corrected chi connectivity index (χ4v) is 3.87. The van der Waals surface area contributed by atoms with Crippen LogP contribution in [-0.4, -0.2) is 60.9 Å². The molecule has 0 spiro atoms. The summed E-state index contributed by atoms with van der Waals surface area (Å²) in [7, 11) is 5.41. The molecule has 6 nitrogen and oxygen atoms in total. The third-order valence-corrected chi connectivity index (χ3v) is 5.72. The van der Waals surface area contributed by atoms with Crippen LogP contribution in [0.25, 0.3) is 5.76 Å². The Kier molecular flexibility index (Phi) is 6.81. The Morgan fingerprint density at radius 2 is 1.81 bits per heavy atom. The number of benzene rings is 2. The molecular weight excluding hydrogens is 392 g/mol. The van der Waals surface area contributed by atoms with Crippen molar-refractivity contribution < 1.29 is 19.4 Å². The number of aryl methyl sites for hydroxylation is 2. The standard InChI is InChI=1S/C25H30N2O4/c1-6-17-7-9-18(10-8-17)22-21(24(29)25(30)27(22)14-13-26(3)4)23(28)20-12-11-19(31-5)15-16(20)2/h7-12,15,22,28H,6,13-14H2,1-5H3/t22-/m1/s1. The summed E-state index contributed by atoms with van der Waals surface area (Å²) in [5, 5.41) is 11.2. The van der Waals surface area contributed by atoms with Crippen LogP contribution < -0.4 is 4.74 Å². The van der Waals surface area contributed by atoms with Gasteiger partial charge in [-0.3, -0.25) is 9.59 Å². The number of aliphatic hydroxyl groups excluding tert-OH is 1. The minimum atomic E-state index is -0.656. The number of hydrogen-bond acceptors (Lipinski definition) is 5. The second-order valence-electron chi connectivity index (χ2n) is 8.07. The van der Waals surface area contributed by atoms with E-state index in [4.69, 9.17) is 4.74 Å². The van der Waals surface area contributed by atoms with Gasteiger partial charge in [-0.2, -0.15) is 0 Å². The van der Waals surface area contributed by atoms with Crippen LogP contribution in [0.5, 0.6) is 5.75 Å². The third kappa shape index (κ3) is 4.49. The number of aliphatic hydroxyl groups is 1. The van der Waals surface area contributed by atoms with Gasteiger partial charge in [0.1, 0.15) is 11.5 Å². The molecule has 1 N–H and O–H groups in total. The first kappa shape index (κ1) is 22.6. The molecule has 0 radical (unpaired) electrons. The molecule has 1 saturated heterocycles. The molecule has 164 valence electrons. The molecule has 1 atom stereocenters. The summed E-state index contributed by atoms with van der Waals surface area (Å²) in [6, 6.07) is 12.5. The highest BCUT2D eigenvalue weighted by atomic mass is 16.5. The predicted octanol–water partition coefficient (Wildman–Crippen LogP) is 3.55. The molecule has 3 rings (SSSR count). The average Bonchev–Trinajstić information content (AvgIpc) is 3.01. The number of carbonyl (C=O) groups excluding carboxylic acids is 2. The van der Waals surface area contributed by atoms with Crippen LogP contribution >= 0.6 is 0 Å². The minimum absolute atomic E-state index is 0.126. The lowest BCUT2D eigenvalue weighted by Crippen LogP contribution is -2.35. The molecule has 0 unspecified atom stereocenters. The van der Waals surface area contributed by atoms with Gasteiger partial charge >= 0.3 is 0 Å². The fraction of sp³-hybridized carbons (Fsp3) is 0.360. The van der Waals surface area contributed by atoms with Gasteiger partial charge in [-0.05, 0) is 62.3 Å². The molecule has 1 amide bonds. The SMILES string of the molecule is CCc1ccc([C@@H]2C(=C(O)c3ccc(OC)cc3C)C(=O)C(=O)N2CCN(C)C)cc1. The number of nitrogens with zero attached hydrogens (tertiary/aromatic N) is 2. The van der Waals surface area contributed by atoms with Gasteiger partial charge in [-0.25, -0.2) is 0 Å². The number of carbonyl (C=O) groups is 2. The largest absolute Gasteiger partial charge is 0.507 e. The molecule has 2 aromatic rings. The lowest BCUT2D eigenvalue weighted by Gasteiger charge is -2.26. The third-order valence-electron chi connectivity index (χ3n) is 5.72. The van der Waals surface area contributed by atoms with E-state index in [1.807, 2.05) is 50.2 Å². The molecule has 1 aliphatic heterocycles. The van der Waals surface area contributed by atoms with Crippen LogP contribution in [0.4, 0.5) is 0 Å². The van der Waals surface area contributed by atoms with E-state index in [0.29, 0.717) is 24.4 Å². The highest BCUT2D eigenvalue weighted by molar-refractivity contribution is 6.46. The molecular formula is C25H30N2O4. The van der Waals surface area contributed by atoms with Gasteiger partial charge in [0.2, 0.25) is 0 Å². The first-order valence-electron chi connectivity index (χ1n) is 10.5. The first-order valence-corrected chi connectivity index (χ1v) is 10.5. The Balaban J connectivity index is 2.15. The Labute approximate surface area is 183 Å². The van der Waals surface area contributed by atoms with Crippen LogP contribution in [0.15, 0.2) is 48.0 Å². The molecule has 1 aliphatic rings. The average molecular weight is 423 g/mol.